The summed E-state index contributed by atoms with van der Waals surface area (Å²) in [4.78, 5) is 30.4. The van der Waals surface area contributed by atoms with Gasteiger partial charge in [-0.25, -0.2) is 4.98 Å². The molecule has 4 bridgehead atoms. The van der Waals surface area contributed by atoms with Crippen LogP contribution >= 0.6 is 0 Å². The molecule has 1 aromatic heterocycles. The highest BCUT2D eigenvalue weighted by Gasteiger charge is 2.51. The number of rotatable bonds is 8. The number of ether oxygens (including phenoxy) is 5. The van der Waals surface area contributed by atoms with Crippen LogP contribution in [0.4, 0.5) is 0 Å². The molecule has 4 fully saturated rings. The maximum absolute atomic E-state index is 13.1. The minimum Gasteiger partial charge on any atom is -0.493 e. The SMILES string of the molecule is CCCCOc1cc(C(=O)N[C@@H]2[C@@H](O)[C@@H]3OC[C@@H](O3)[C@H]2O)nc(C(=O)N[C@@H]2[C@@H](O)[C@@H]3OC[C@@H](O3)[C@H]2O)c1. The summed E-state index contributed by atoms with van der Waals surface area (Å²) in [5, 5.41) is 47.0. The molecule has 4 aliphatic rings. The number of fused-ring (bicyclic) bond motifs is 4. The van der Waals surface area contributed by atoms with Crippen molar-refractivity contribution in [1.82, 2.24) is 15.6 Å². The van der Waals surface area contributed by atoms with Crippen LogP contribution in [0.15, 0.2) is 12.1 Å². The van der Waals surface area contributed by atoms with E-state index in [1.54, 1.807) is 0 Å². The molecule has 4 saturated heterocycles. The van der Waals surface area contributed by atoms with Crippen molar-refractivity contribution in [3.63, 3.8) is 0 Å². The van der Waals surface area contributed by atoms with Gasteiger partial charge in [0, 0.05) is 12.1 Å². The molecule has 10 atom stereocenters. The molecule has 0 saturated carbocycles. The van der Waals surface area contributed by atoms with Gasteiger partial charge in [-0.05, 0) is 6.42 Å². The average molecular weight is 526 g/mol. The molecule has 14 nitrogen and oxygen atoms in total. The Hall–Kier alpha value is -2.43. The van der Waals surface area contributed by atoms with E-state index in [9.17, 15) is 30.0 Å². The zero-order valence-electron chi connectivity index (χ0n) is 20.1. The summed E-state index contributed by atoms with van der Waals surface area (Å²) in [5.74, 6) is -1.33. The first-order chi connectivity index (χ1) is 17.8. The van der Waals surface area contributed by atoms with Gasteiger partial charge in [0.05, 0.1) is 31.9 Å². The molecule has 0 spiro atoms. The lowest BCUT2D eigenvalue weighted by Gasteiger charge is -2.36. The Morgan fingerprint density at radius 1 is 0.892 bits per heavy atom. The number of nitrogens with zero attached hydrogens (tertiary/aromatic N) is 1. The van der Waals surface area contributed by atoms with E-state index in [1.165, 1.54) is 12.1 Å². The maximum Gasteiger partial charge on any atom is 0.270 e. The first kappa shape index (κ1) is 26.2. The third-order valence-electron chi connectivity index (χ3n) is 6.88. The van der Waals surface area contributed by atoms with E-state index in [0.29, 0.717) is 6.61 Å². The van der Waals surface area contributed by atoms with Crippen molar-refractivity contribution in [3.05, 3.63) is 23.5 Å². The molecule has 0 radical (unpaired) electrons. The maximum atomic E-state index is 13.1. The van der Waals surface area contributed by atoms with E-state index in [-0.39, 0.29) is 30.4 Å². The van der Waals surface area contributed by atoms with Crippen molar-refractivity contribution in [2.24, 2.45) is 0 Å². The van der Waals surface area contributed by atoms with Crippen LogP contribution in [0.3, 0.4) is 0 Å². The monoisotopic (exact) mass is 525 g/mol. The van der Waals surface area contributed by atoms with Gasteiger partial charge in [-0.3, -0.25) is 9.59 Å². The Kier molecular flexibility index (Phi) is 7.60. The van der Waals surface area contributed by atoms with E-state index in [2.05, 4.69) is 15.6 Å². The number of carbonyl (C=O) groups is 2. The van der Waals surface area contributed by atoms with Crippen LogP contribution in [-0.4, -0.2) is 118 Å². The molecule has 2 amide bonds. The quantitative estimate of drug-likeness (QED) is 0.194. The van der Waals surface area contributed by atoms with Crippen LogP contribution in [0.1, 0.15) is 40.7 Å². The highest BCUT2D eigenvalue weighted by atomic mass is 16.7. The van der Waals surface area contributed by atoms with Crippen LogP contribution < -0.4 is 15.4 Å². The second-order valence-corrected chi connectivity index (χ2v) is 9.49. The molecule has 204 valence electrons. The lowest BCUT2D eigenvalue weighted by Crippen LogP contribution is -2.61. The Morgan fingerprint density at radius 2 is 1.38 bits per heavy atom. The van der Waals surface area contributed by atoms with Crippen molar-refractivity contribution >= 4 is 11.8 Å². The number of unbranched alkanes of at least 4 members (excludes halogenated alkanes) is 1. The number of hydrogen-bond donors (Lipinski definition) is 6. The summed E-state index contributed by atoms with van der Waals surface area (Å²) in [6.45, 7) is 2.47. The lowest BCUT2D eigenvalue weighted by molar-refractivity contribution is -0.193. The van der Waals surface area contributed by atoms with Crippen molar-refractivity contribution < 1.29 is 53.7 Å². The van der Waals surface area contributed by atoms with Crippen LogP contribution in [0.5, 0.6) is 5.75 Å². The van der Waals surface area contributed by atoms with Crippen LogP contribution in [-0.2, 0) is 18.9 Å². The molecular formula is C23H31N3O11. The molecule has 5 rings (SSSR count). The summed E-state index contributed by atoms with van der Waals surface area (Å²) in [6.07, 6.45) is -6.85. The van der Waals surface area contributed by atoms with Crippen LogP contribution in [0.2, 0.25) is 0 Å². The summed E-state index contributed by atoms with van der Waals surface area (Å²) in [6, 6.07) is 0.505. The van der Waals surface area contributed by atoms with E-state index >= 15 is 0 Å². The Balaban J connectivity index is 1.35. The van der Waals surface area contributed by atoms with E-state index < -0.39 is 73.1 Å². The number of pyridine rings is 1. The van der Waals surface area contributed by atoms with Gasteiger partial charge in [0.25, 0.3) is 11.8 Å². The molecule has 0 aromatic carbocycles. The molecule has 37 heavy (non-hydrogen) atoms. The Morgan fingerprint density at radius 3 is 1.84 bits per heavy atom. The summed E-state index contributed by atoms with van der Waals surface area (Å²) >= 11 is 0. The van der Waals surface area contributed by atoms with Gasteiger partial charge in [-0.1, -0.05) is 13.3 Å². The fourth-order valence-corrected chi connectivity index (χ4v) is 4.75. The third-order valence-corrected chi connectivity index (χ3v) is 6.88. The zero-order chi connectivity index (χ0) is 26.3. The highest BCUT2D eigenvalue weighted by molar-refractivity contribution is 5.97. The number of aliphatic hydroxyl groups excluding tert-OH is 4. The smallest absolute Gasteiger partial charge is 0.270 e. The van der Waals surface area contributed by atoms with E-state index in [1.807, 2.05) is 6.92 Å². The second kappa shape index (κ2) is 10.7. The topological polar surface area (TPSA) is 198 Å². The van der Waals surface area contributed by atoms with Crippen molar-refractivity contribution in [1.29, 1.82) is 0 Å². The van der Waals surface area contributed by atoms with Crippen molar-refractivity contribution in [3.8, 4) is 5.75 Å². The molecule has 0 unspecified atom stereocenters. The molecule has 0 aliphatic carbocycles. The predicted octanol–water partition coefficient (Wildman–Crippen LogP) is -2.59. The fourth-order valence-electron chi connectivity index (χ4n) is 4.75. The van der Waals surface area contributed by atoms with Gasteiger partial charge in [-0.2, -0.15) is 0 Å². The first-order valence-corrected chi connectivity index (χ1v) is 12.3. The van der Waals surface area contributed by atoms with E-state index in [4.69, 9.17) is 23.7 Å². The highest BCUT2D eigenvalue weighted by Crippen LogP contribution is 2.29. The van der Waals surface area contributed by atoms with Crippen LogP contribution in [0, 0.1) is 0 Å². The number of hydrogen-bond acceptors (Lipinski definition) is 12. The number of carbonyl (C=O) groups excluding carboxylic acids is 2. The molecule has 14 heteroatoms. The van der Waals surface area contributed by atoms with Crippen molar-refractivity contribution in [2.75, 3.05) is 19.8 Å². The number of amides is 2. The summed E-state index contributed by atoms with van der Waals surface area (Å²) in [7, 11) is 0. The average Bonchev–Trinajstić information content (AvgIpc) is 3.55. The van der Waals surface area contributed by atoms with Crippen LogP contribution in [0.25, 0.3) is 0 Å². The third kappa shape index (κ3) is 5.15. The normalized spacial score (nSPS) is 38.3. The van der Waals surface area contributed by atoms with Gasteiger partial charge in [0.15, 0.2) is 12.6 Å². The van der Waals surface area contributed by atoms with Gasteiger partial charge in [-0.15, -0.1) is 0 Å². The number of nitrogens with one attached hydrogen (secondary N) is 2. The lowest BCUT2D eigenvalue weighted by atomic mass is 9.97. The predicted molar refractivity (Wildman–Crippen MR) is 120 cm³/mol. The number of aromatic nitrogens is 1. The molecular weight excluding hydrogens is 494 g/mol. The molecule has 6 N–H and O–H groups in total. The Bertz CT molecular complexity index is 910. The van der Waals surface area contributed by atoms with Gasteiger partial charge < -0.3 is 54.7 Å². The second-order valence-electron chi connectivity index (χ2n) is 9.49. The molecule has 1 aromatic rings. The summed E-state index contributed by atoms with van der Waals surface area (Å²) < 4.78 is 27.0. The standard InChI is InChI=1S/C23H31N3O11/c1-2-3-4-33-9-5-10(20(31)25-14-16(27)12-7-34-22(36-12)18(14)29)24-11(6-9)21(32)26-15-17(28)13-8-35-23(37-13)19(15)30/h5-6,12-19,22-23,27-30H,2-4,7-8H2,1H3,(H,25,31)(H,26,32)/t12-,13-,14+,15+,16-,17-,18-,19-,22-,23-/m1/s1. The van der Waals surface area contributed by atoms with Gasteiger partial charge in [0.2, 0.25) is 0 Å². The minimum absolute atomic E-state index is 0.0786. The number of aliphatic hydroxyl groups is 4. The fraction of sp³-hybridized carbons (Fsp3) is 0.696. The van der Waals surface area contributed by atoms with Gasteiger partial charge >= 0.3 is 0 Å². The van der Waals surface area contributed by atoms with E-state index in [0.717, 1.165) is 12.8 Å². The first-order valence-electron chi connectivity index (χ1n) is 12.3. The largest absolute Gasteiger partial charge is 0.493 e. The van der Waals surface area contributed by atoms with Crippen molar-refractivity contribution in [2.45, 2.75) is 81.1 Å². The zero-order valence-corrected chi connectivity index (χ0v) is 20.1. The minimum atomic E-state index is -1.32. The Labute approximate surface area is 211 Å². The molecule has 4 aliphatic heterocycles. The molecule has 5 heterocycles. The summed E-state index contributed by atoms with van der Waals surface area (Å²) in [5.41, 5.74) is -0.399. The van der Waals surface area contributed by atoms with Gasteiger partial charge in [0.1, 0.15) is 53.8 Å².